The van der Waals surface area contributed by atoms with Gasteiger partial charge in [-0.1, -0.05) is 117 Å². The van der Waals surface area contributed by atoms with E-state index in [9.17, 15) is 5.26 Å². The third-order valence-electron chi connectivity index (χ3n) is 8.17. The lowest BCUT2D eigenvalue weighted by atomic mass is 9.82. The summed E-state index contributed by atoms with van der Waals surface area (Å²) in [5.74, 6) is 0.246. The van der Waals surface area contributed by atoms with Crippen molar-refractivity contribution >= 4 is 33.5 Å². The molecule has 0 unspecified atom stereocenters. The Morgan fingerprint density at radius 3 is 2.25 bits per heavy atom. The van der Waals surface area contributed by atoms with Crippen molar-refractivity contribution in [3.63, 3.8) is 0 Å². The summed E-state index contributed by atoms with van der Waals surface area (Å²) in [5, 5.41) is 21.7. The van der Waals surface area contributed by atoms with Gasteiger partial charge in [-0.3, -0.25) is 9.98 Å². The van der Waals surface area contributed by atoms with Crippen molar-refractivity contribution in [2.45, 2.75) is 19.3 Å². The molecule has 40 heavy (non-hydrogen) atoms. The number of aromatic nitrogens is 1. The lowest BCUT2D eigenvalue weighted by molar-refractivity contribution is 0.660. The number of rotatable bonds is 2. The van der Waals surface area contributed by atoms with Crippen LogP contribution in [0.2, 0.25) is 0 Å². The molecular weight excluding hydrogens is 488 g/mol. The van der Waals surface area contributed by atoms with E-state index in [1.165, 1.54) is 11.1 Å². The maximum atomic E-state index is 10.4. The molecule has 0 fully saturated rings. The minimum atomic E-state index is -0.176. The predicted molar refractivity (Wildman–Crippen MR) is 164 cm³/mol. The zero-order chi connectivity index (χ0) is 27.4. The Balaban J connectivity index is 1.43. The zero-order valence-electron chi connectivity index (χ0n) is 22.3. The molecule has 0 bridgehead atoms. The number of aliphatic imine (C=N–C) groups is 1. The highest BCUT2D eigenvalue weighted by Gasteiger charge is 2.36. The molecule has 0 saturated heterocycles. The van der Waals surface area contributed by atoms with Crippen LogP contribution in [0.4, 0.5) is 0 Å². The van der Waals surface area contributed by atoms with E-state index in [2.05, 4.69) is 80.6 Å². The van der Waals surface area contributed by atoms with E-state index in [1.54, 1.807) is 0 Å². The highest BCUT2D eigenvalue weighted by Crippen LogP contribution is 2.49. The Kier molecular flexibility index (Phi) is 5.30. The molecule has 6 aromatic rings. The van der Waals surface area contributed by atoms with Crippen molar-refractivity contribution in [1.29, 1.82) is 10.7 Å². The minimum absolute atomic E-state index is 0.0750. The van der Waals surface area contributed by atoms with Gasteiger partial charge >= 0.3 is 0 Å². The minimum Gasteiger partial charge on any atom is -0.285 e. The van der Waals surface area contributed by atoms with Crippen LogP contribution in [-0.4, -0.2) is 16.2 Å². The summed E-state index contributed by atoms with van der Waals surface area (Å²) >= 11 is 0. The first-order valence-electron chi connectivity index (χ1n) is 13.4. The molecule has 1 heterocycles. The maximum absolute atomic E-state index is 10.4. The summed E-state index contributed by atoms with van der Waals surface area (Å²) in [6.07, 6.45) is 0. The van der Waals surface area contributed by atoms with E-state index in [-0.39, 0.29) is 17.1 Å². The Labute approximate surface area is 233 Å². The first-order valence-corrected chi connectivity index (χ1v) is 13.4. The molecule has 0 amide bonds. The SMILES string of the molecule is CC1(C)c2ccccc2-c2c(C(=N)N=C(C#N)n3c4ccccc4c4ccc(-c5ccccc5)cc43)cccc21. The smallest absolute Gasteiger partial charge is 0.219 e. The number of benzene rings is 5. The van der Waals surface area contributed by atoms with Crippen LogP contribution in [0.3, 0.4) is 0 Å². The van der Waals surface area contributed by atoms with Crippen LogP contribution in [0.25, 0.3) is 44.1 Å². The number of amidine groups is 1. The lowest BCUT2D eigenvalue weighted by Gasteiger charge is -2.21. The topological polar surface area (TPSA) is 64.9 Å². The second-order valence-corrected chi connectivity index (χ2v) is 10.7. The average Bonchev–Trinajstić information content (AvgIpc) is 3.45. The summed E-state index contributed by atoms with van der Waals surface area (Å²) in [7, 11) is 0. The lowest BCUT2D eigenvalue weighted by Crippen LogP contribution is -2.15. The van der Waals surface area contributed by atoms with Gasteiger partial charge in [-0.2, -0.15) is 5.26 Å². The average molecular weight is 515 g/mol. The van der Waals surface area contributed by atoms with Crippen LogP contribution < -0.4 is 0 Å². The van der Waals surface area contributed by atoms with Crippen LogP contribution in [0, 0.1) is 16.7 Å². The van der Waals surface area contributed by atoms with Crippen molar-refractivity contribution in [2.24, 2.45) is 4.99 Å². The molecule has 0 radical (unpaired) electrons. The number of fused-ring (bicyclic) bond motifs is 6. The van der Waals surface area contributed by atoms with Crippen LogP contribution in [0.5, 0.6) is 0 Å². The summed E-state index contributed by atoms with van der Waals surface area (Å²) in [4.78, 5) is 4.71. The fraction of sp³-hybridized carbons (Fsp3) is 0.0833. The fourth-order valence-electron chi connectivity index (χ4n) is 6.25. The molecule has 5 aromatic carbocycles. The summed E-state index contributed by atoms with van der Waals surface area (Å²) in [6.45, 7) is 4.44. The third-order valence-corrected chi connectivity index (χ3v) is 8.17. The molecule has 0 saturated carbocycles. The van der Waals surface area contributed by atoms with Gasteiger partial charge in [0.05, 0.1) is 11.0 Å². The molecule has 0 atom stereocenters. The standard InChI is InChI=1S/C36H26N4/c1-36(2)29-16-8-6-14-27(29)34-28(15-10-17-30(34)36)35(38)39-33(22-37)40-31-18-9-7-13-25(31)26-20-19-24(21-32(26)40)23-11-4-3-5-12-23/h3-21,38H,1-2H3. The van der Waals surface area contributed by atoms with Gasteiger partial charge in [-0.15, -0.1) is 0 Å². The maximum Gasteiger partial charge on any atom is 0.219 e. The van der Waals surface area contributed by atoms with E-state index in [1.807, 2.05) is 59.2 Å². The number of para-hydroxylation sites is 1. The molecule has 0 spiro atoms. The molecular formula is C36H26N4. The van der Waals surface area contributed by atoms with Crippen molar-refractivity contribution in [2.75, 3.05) is 0 Å². The van der Waals surface area contributed by atoms with E-state index in [0.29, 0.717) is 0 Å². The molecule has 1 N–H and O–H groups in total. The second kappa shape index (κ2) is 8.90. The van der Waals surface area contributed by atoms with E-state index >= 15 is 0 Å². The fourth-order valence-corrected chi connectivity index (χ4v) is 6.25. The highest BCUT2D eigenvalue weighted by atomic mass is 15.1. The predicted octanol–water partition coefficient (Wildman–Crippen LogP) is 8.56. The van der Waals surface area contributed by atoms with Gasteiger partial charge in [0, 0.05) is 21.8 Å². The monoisotopic (exact) mass is 514 g/mol. The van der Waals surface area contributed by atoms with E-state index < -0.39 is 0 Å². The molecule has 0 aliphatic heterocycles. The Morgan fingerprint density at radius 1 is 0.725 bits per heavy atom. The molecule has 7 rings (SSSR count). The summed E-state index contributed by atoms with van der Waals surface area (Å²) < 4.78 is 1.90. The molecule has 1 aromatic heterocycles. The van der Waals surface area contributed by atoms with Gasteiger partial charge in [0.15, 0.2) is 5.84 Å². The van der Waals surface area contributed by atoms with Gasteiger partial charge in [0.25, 0.3) is 0 Å². The number of hydrogen-bond acceptors (Lipinski definition) is 2. The van der Waals surface area contributed by atoms with Gasteiger partial charge in [-0.05, 0) is 45.5 Å². The quantitative estimate of drug-likeness (QED) is 0.183. The Bertz CT molecular complexity index is 2050. The zero-order valence-corrected chi connectivity index (χ0v) is 22.3. The first kappa shape index (κ1) is 23.8. The number of nitrogens with one attached hydrogen (secondary N) is 1. The van der Waals surface area contributed by atoms with Crippen molar-refractivity contribution < 1.29 is 0 Å². The molecule has 1 aliphatic rings. The first-order chi connectivity index (χ1) is 19.5. The van der Waals surface area contributed by atoms with Crippen LogP contribution in [0.15, 0.2) is 120 Å². The Morgan fingerprint density at radius 2 is 1.43 bits per heavy atom. The van der Waals surface area contributed by atoms with Gasteiger partial charge in [-0.25, -0.2) is 4.99 Å². The largest absolute Gasteiger partial charge is 0.285 e. The summed E-state index contributed by atoms with van der Waals surface area (Å²) in [5.41, 5.74) is 9.07. The number of hydrogen-bond donors (Lipinski definition) is 1. The van der Waals surface area contributed by atoms with Crippen molar-refractivity contribution in [3.05, 3.63) is 132 Å². The Hall–Kier alpha value is -5.27. The molecule has 4 nitrogen and oxygen atoms in total. The number of nitrogens with zero attached hydrogens (tertiary/aromatic N) is 3. The van der Waals surface area contributed by atoms with Crippen molar-refractivity contribution in [3.8, 4) is 28.3 Å². The van der Waals surface area contributed by atoms with E-state index in [0.717, 1.165) is 49.6 Å². The van der Waals surface area contributed by atoms with E-state index in [4.69, 9.17) is 10.4 Å². The van der Waals surface area contributed by atoms with Crippen LogP contribution in [-0.2, 0) is 5.41 Å². The van der Waals surface area contributed by atoms with Crippen LogP contribution >= 0.6 is 0 Å². The molecule has 4 heteroatoms. The van der Waals surface area contributed by atoms with Gasteiger partial charge in [0.2, 0.25) is 5.84 Å². The van der Waals surface area contributed by atoms with Crippen molar-refractivity contribution in [1.82, 2.24) is 4.57 Å². The normalized spacial score (nSPS) is 13.7. The van der Waals surface area contributed by atoms with Gasteiger partial charge in [0.1, 0.15) is 6.07 Å². The highest BCUT2D eigenvalue weighted by molar-refractivity contribution is 6.21. The van der Waals surface area contributed by atoms with Gasteiger partial charge < -0.3 is 0 Å². The third kappa shape index (κ3) is 3.45. The second-order valence-electron chi connectivity index (χ2n) is 10.7. The number of nitriles is 1. The molecule has 1 aliphatic carbocycles. The van der Waals surface area contributed by atoms with Crippen LogP contribution in [0.1, 0.15) is 30.5 Å². The molecule has 190 valence electrons. The summed E-state index contributed by atoms with van der Waals surface area (Å²) in [6, 6.07) is 41.4.